The molecule has 29 nitrogen and oxygen atoms in total. The number of ether oxygens (including phenoxy) is 6. The Balaban J connectivity index is 0.966. The number of carboxylic acids is 1. The molecule has 2 amide bonds. The second-order valence-corrected chi connectivity index (χ2v) is 24.8. The molecule has 2 saturated carbocycles. The highest BCUT2D eigenvalue weighted by molar-refractivity contribution is 7.86. The molecule has 2 aromatic heterocycles. The van der Waals surface area contributed by atoms with Crippen LogP contribution in [0.2, 0.25) is 0 Å². The van der Waals surface area contributed by atoms with Crippen LogP contribution in [0.4, 0.5) is 5.69 Å². The molecule has 2 saturated heterocycles. The van der Waals surface area contributed by atoms with Crippen molar-refractivity contribution in [3.63, 3.8) is 0 Å². The Labute approximate surface area is 515 Å². The van der Waals surface area contributed by atoms with Crippen molar-refractivity contribution >= 4 is 56.1 Å². The molecular formula is C60H75N7O22S. The van der Waals surface area contributed by atoms with E-state index in [1.54, 1.807) is 49.5 Å². The number of aliphatic carboxylic acids is 1. The SMILES string of the molecule is Cc1cc(S(=O)(=O)O)c2c(NC(=O)CCn3cc(CCCCC(=O)C4CC(NC(=O)c5cc(=O)[nH]c(=O)[nH]5)C(OC5OC(C)C(O)C(O)C5O)C(OC5OC(CO)C(O)C(O[C@@H](CC6CCCCC6)C(=O)O)C5OC(=O)c5ccccc5)C4)nn3)cccc2c1. The van der Waals surface area contributed by atoms with E-state index in [0.717, 1.165) is 25.3 Å². The number of hydrogen-bond acceptors (Lipinski definition) is 22. The highest BCUT2D eigenvalue weighted by Crippen LogP contribution is 2.39. The minimum absolute atomic E-state index is 0.00865. The van der Waals surface area contributed by atoms with Gasteiger partial charge in [0.15, 0.2) is 24.8 Å². The van der Waals surface area contributed by atoms with Crippen molar-refractivity contribution in [1.82, 2.24) is 30.3 Å². The van der Waals surface area contributed by atoms with E-state index in [-0.39, 0.29) is 78.3 Å². The molecule has 488 valence electrons. The summed E-state index contributed by atoms with van der Waals surface area (Å²) < 4.78 is 73.6. The van der Waals surface area contributed by atoms with E-state index in [4.69, 9.17) is 28.4 Å². The average Bonchev–Trinajstić information content (AvgIpc) is 0.891. The van der Waals surface area contributed by atoms with Crippen LogP contribution >= 0.6 is 0 Å². The number of carbonyl (C=O) groups is 5. The maximum atomic E-state index is 14.7. The zero-order chi connectivity index (χ0) is 64.6. The van der Waals surface area contributed by atoms with Crippen LogP contribution in [0.5, 0.6) is 0 Å². The number of carboxylic acid groups (broad SMARTS) is 1. The lowest BCUT2D eigenvalue weighted by Crippen LogP contribution is -2.65. The number of Topliss-reactive ketones (excluding diaryl/α,β-unsaturated/α-hetero) is 1. The summed E-state index contributed by atoms with van der Waals surface area (Å²) in [4.78, 5) is 97.9. The fourth-order valence-corrected chi connectivity index (χ4v) is 13.0. The van der Waals surface area contributed by atoms with Crippen molar-refractivity contribution in [3.05, 3.63) is 116 Å². The Hall–Kier alpha value is -7.20. The molecule has 30 heteroatoms. The number of nitrogens with one attached hydrogen (secondary N) is 4. The smallest absolute Gasteiger partial charge is 0.338 e. The van der Waals surface area contributed by atoms with Gasteiger partial charge in [0.25, 0.3) is 21.6 Å². The zero-order valence-corrected chi connectivity index (χ0v) is 50.1. The molecule has 5 aromatic rings. The molecule has 90 heavy (non-hydrogen) atoms. The molecule has 0 radical (unpaired) electrons. The van der Waals surface area contributed by atoms with E-state index in [0.29, 0.717) is 42.3 Å². The molecular weight excluding hydrogens is 1200 g/mol. The zero-order valence-electron chi connectivity index (χ0n) is 49.3. The minimum Gasteiger partial charge on any atom is -0.479 e. The van der Waals surface area contributed by atoms with Gasteiger partial charge in [-0.15, -0.1) is 5.10 Å². The van der Waals surface area contributed by atoms with Gasteiger partial charge >= 0.3 is 17.6 Å². The van der Waals surface area contributed by atoms with Crippen LogP contribution in [0.1, 0.15) is 116 Å². The molecule has 15 atom stereocenters. The van der Waals surface area contributed by atoms with E-state index in [2.05, 4.69) is 25.9 Å². The predicted molar refractivity (Wildman–Crippen MR) is 313 cm³/mol. The number of H-pyrrole nitrogens is 2. The molecule has 4 aliphatic rings. The third-order valence-corrected chi connectivity index (χ3v) is 17.7. The number of aryl methyl sites for hydroxylation is 3. The predicted octanol–water partition coefficient (Wildman–Crippen LogP) is 1.59. The van der Waals surface area contributed by atoms with Crippen molar-refractivity contribution in [3.8, 4) is 0 Å². The second-order valence-electron chi connectivity index (χ2n) is 23.4. The number of nitrogens with zero attached hydrogens (tertiary/aromatic N) is 3. The number of unbranched alkanes of at least 4 members (excludes halogenated alkanes) is 1. The first kappa shape index (κ1) is 67.2. The number of anilines is 1. The molecule has 4 fully saturated rings. The highest BCUT2D eigenvalue weighted by Gasteiger charge is 2.54. The quantitative estimate of drug-likeness (QED) is 0.0224. The van der Waals surface area contributed by atoms with Gasteiger partial charge in [-0.05, 0) is 93.5 Å². The molecule has 4 heterocycles. The molecule has 14 unspecified atom stereocenters. The van der Waals surface area contributed by atoms with E-state index in [1.165, 1.54) is 35.9 Å². The molecule has 9 rings (SSSR count). The Morgan fingerprint density at radius 3 is 2.30 bits per heavy atom. The fourth-order valence-electron chi connectivity index (χ4n) is 12.2. The number of carbonyl (C=O) groups excluding carboxylic acids is 4. The summed E-state index contributed by atoms with van der Waals surface area (Å²) in [5, 5.41) is 80.6. The second kappa shape index (κ2) is 29.8. The first-order chi connectivity index (χ1) is 42.9. The molecule has 11 N–H and O–H groups in total. The fraction of sp³-hybridized carbons (Fsp3) is 0.550. The molecule has 2 aliphatic heterocycles. The Morgan fingerprint density at radius 1 is 0.833 bits per heavy atom. The van der Waals surface area contributed by atoms with Crippen LogP contribution in [0.15, 0.2) is 87.4 Å². The highest BCUT2D eigenvalue weighted by atomic mass is 32.2. The number of benzene rings is 3. The van der Waals surface area contributed by atoms with E-state index >= 15 is 0 Å². The van der Waals surface area contributed by atoms with Gasteiger partial charge in [0.05, 0.1) is 42.7 Å². The van der Waals surface area contributed by atoms with Gasteiger partial charge in [0.2, 0.25) is 5.91 Å². The number of ketones is 1. The van der Waals surface area contributed by atoms with Crippen LogP contribution in [0, 0.1) is 18.8 Å². The number of fused-ring (bicyclic) bond motifs is 1. The van der Waals surface area contributed by atoms with Gasteiger partial charge < -0.3 is 74.7 Å². The Bertz CT molecular complexity index is 3550. The van der Waals surface area contributed by atoms with Crippen molar-refractivity contribution in [2.45, 2.75) is 195 Å². The molecule has 3 aromatic carbocycles. The summed E-state index contributed by atoms with van der Waals surface area (Å²) in [6.45, 7) is 2.22. The van der Waals surface area contributed by atoms with Gasteiger partial charge in [0.1, 0.15) is 59.1 Å². The van der Waals surface area contributed by atoms with Crippen molar-refractivity contribution in [2.75, 3.05) is 11.9 Å². The summed E-state index contributed by atoms with van der Waals surface area (Å²) in [6.07, 6.45) is -16.1. The Kier molecular flexibility index (Phi) is 22.3. The summed E-state index contributed by atoms with van der Waals surface area (Å²) in [5.41, 5.74) is -1.21. The topological polar surface area (TPSA) is 437 Å². The van der Waals surface area contributed by atoms with E-state index in [9.17, 15) is 77.2 Å². The maximum Gasteiger partial charge on any atom is 0.338 e. The average molecular weight is 1280 g/mol. The van der Waals surface area contributed by atoms with Crippen molar-refractivity contribution in [2.24, 2.45) is 11.8 Å². The summed E-state index contributed by atoms with van der Waals surface area (Å²) >= 11 is 0. The van der Waals surface area contributed by atoms with Gasteiger partial charge in [-0.1, -0.05) is 73.7 Å². The van der Waals surface area contributed by atoms with Crippen LogP contribution in [-0.2, 0) is 65.9 Å². The summed E-state index contributed by atoms with van der Waals surface area (Å²) in [5.74, 6) is -5.43. The monoisotopic (exact) mass is 1280 g/mol. The van der Waals surface area contributed by atoms with E-state index < -0.39 is 149 Å². The van der Waals surface area contributed by atoms with Gasteiger partial charge in [-0.25, -0.2) is 14.4 Å². The first-order valence-corrected chi connectivity index (χ1v) is 31.3. The maximum absolute atomic E-state index is 14.7. The van der Waals surface area contributed by atoms with E-state index in [1.807, 2.05) is 4.98 Å². The van der Waals surface area contributed by atoms with Crippen LogP contribution < -0.4 is 21.9 Å². The van der Waals surface area contributed by atoms with Crippen LogP contribution in [0.3, 0.4) is 0 Å². The third kappa shape index (κ3) is 16.6. The number of hydrogen-bond donors (Lipinski definition) is 11. The largest absolute Gasteiger partial charge is 0.479 e. The molecule has 0 bridgehead atoms. The van der Waals surface area contributed by atoms with Gasteiger partial charge in [-0.2, -0.15) is 8.42 Å². The van der Waals surface area contributed by atoms with Crippen molar-refractivity contribution < 1.29 is 96.0 Å². The van der Waals surface area contributed by atoms with Gasteiger partial charge in [-0.3, -0.25) is 33.4 Å². The summed E-state index contributed by atoms with van der Waals surface area (Å²) in [6, 6.07) is 14.8. The number of aliphatic hydroxyl groups excluding tert-OH is 5. The normalized spacial score (nSPS) is 27.8. The van der Waals surface area contributed by atoms with Crippen LogP contribution in [-0.4, -0.2) is 190 Å². The Morgan fingerprint density at radius 2 is 1.59 bits per heavy atom. The number of aromatic nitrogens is 5. The molecule has 2 aliphatic carbocycles. The number of esters is 1. The standard InChI is InChI=1S/C60H75N7O22S/c1-30-22-34-16-11-18-37(47(34)44(23-30)90(81,82)83)61-45(70)20-21-67-28-36(65-66-67)17-9-10-19-40(69)35-25-38(62-55(76)39-27-46(71)64-60(80)63-39)52(89-58-51(75)50(74)48(72)31(2)84-58)41(26-35)86-59-54(88-57(79)33-14-7-4-8-15-33)53(49(73)43(29-68)87-59)85-42(56(77)78)24-32-12-5-3-6-13-32/h4,7-8,11,14-16,18,22-23,27-28,31-32,35,38,41-43,48-54,58-59,68,72-75H,3,5-6,9-10,12-13,17,19-21,24-26,29H2,1-2H3,(H,61,70)(H,62,76)(H,77,78)(H,81,82,83)(H2,63,64,71,80)/t31?,35?,38?,41?,42-,43?,48?,49?,50?,51?,52?,53?,54?,58?,59?/m0/s1. The lowest BCUT2D eigenvalue weighted by Gasteiger charge is -2.49. The van der Waals surface area contributed by atoms with Crippen LogP contribution in [0.25, 0.3) is 10.8 Å². The lowest BCUT2D eigenvalue weighted by molar-refractivity contribution is -0.347. The molecule has 0 spiro atoms. The number of amides is 2. The summed E-state index contributed by atoms with van der Waals surface area (Å²) in [7, 11) is -4.65. The van der Waals surface area contributed by atoms with Gasteiger partial charge in [0, 0.05) is 42.1 Å². The van der Waals surface area contributed by atoms with Crippen molar-refractivity contribution in [1.29, 1.82) is 0 Å². The number of rotatable bonds is 25. The first-order valence-electron chi connectivity index (χ1n) is 29.9. The minimum atomic E-state index is -4.65. The lowest BCUT2D eigenvalue weighted by atomic mass is 9.78. The third-order valence-electron chi connectivity index (χ3n) is 16.8. The number of aliphatic hydroxyl groups is 5. The number of aromatic amines is 2.